The van der Waals surface area contributed by atoms with Crippen molar-refractivity contribution in [1.29, 1.82) is 0 Å². The minimum atomic E-state index is 0.389. The molecule has 0 N–H and O–H groups in total. The molecule has 13 heteroatoms. The molecular formula is C127H78N10O2S. The second-order valence-electron chi connectivity index (χ2n) is 36.8. The van der Waals surface area contributed by atoms with Gasteiger partial charge in [0.15, 0.2) is 23.3 Å². The molecule has 0 amide bonds. The van der Waals surface area contributed by atoms with Crippen LogP contribution in [0, 0.1) is 0 Å². The predicted molar refractivity (Wildman–Crippen MR) is 577 cm³/mol. The minimum absolute atomic E-state index is 0.389. The fourth-order valence-corrected chi connectivity index (χ4v) is 23.5. The summed E-state index contributed by atoms with van der Waals surface area (Å²) in [5.74, 6) is 3.84. The molecule has 9 heterocycles. The van der Waals surface area contributed by atoms with Gasteiger partial charge in [-0.05, 0) is 230 Å². The molecule has 28 aromatic rings. The lowest BCUT2D eigenvalue weighted by Gasteiger charge is -2.12. The van der Waals surface area contributed by atoms with Gasteiger partial charge in [-0.3, -0.25) is 9.13 Å². The van der Waals surface area contributed by atoms with E-state index in [4.69, 9.17) is 38.7 Å². The molecule has 1 aliphatic rings. The highest BCUT2D eigenvalue weighted by Crippen LogP contribution is 2.50. The average molecular weight is 1810 g/mol. The Hall–Kier alpha value is -18.3. The topological polar surface area (TPSA) is 123 Å². The lowest BCUT2D eigenvalue weighted by atomic mass is 9.94. The third-order valence-electron chi connectivity index (χ3n) is 28.7. The molecular weight excluding hydrogens is 1730 g/mol. The molecule has 19 aromatic carbocycles. The molecule has 0 spiro atoms. The SMILES string of the molecule is CC1CC=Cc2c1sc1c(-c3nc(-c4ccccc4)nc(-n4c5ccc(-c6cccc7oc8ccc(-c9ccc%10c(c9)c9ccccc9n%10-c9ccccc9)cc8c67)cc5c5ccc(-c6ccc7c(c6)c6cc(-c8ccc9oc%10cccc(-c%11ccc%12c(c%11)c%11ccccc%11n%12-c%11nc(-c%12ccccc%12)nc(-c%12ccccc%12)n%11)c%10c9c8)ccc6n7-c6cccc(-c7ccccc7)c6)cc54)n3)cccc21. The molecule has 654 valence electrons. The van der Waals surface area contributed by atoms with E-state index >= 15 is 0 Å². The number of rotatable bonds is 14. The van der Waals surface area contributed by atoms with Crippen LogP contribution in [0.5, 0.6) is 0 Å². The van der Waals surface area contributed by atoms with Crippen molar-refractivity contribution in [2.75, 3.05) is 0 Å². The lowest BCUT2D eigenvalue weighted by Crippen LogP contribution is -2.06. The van der Waals surface area contributed by atoms with Crippen molar-refractivity contribution in [1.82, 2.24) is 48.2 Å². The van der Waals surface area contributed by atoms with Crippen LogP contribution in [0.25, 0.3) is 283 Å². The van der Waals surface area contributed by atoms with Gasteiger partial charge in [-0.25, -0.2) is 9.97 Å². The largest absolute Gasteiger partial charge is 0.456 e. The molecule has 0 saturated heterocycles. The van der Waals surface area contributed by atoms with E-state index in [0.29, 0.717) is 41.1 Å². The van der Waals surface area contributed by atoms with Gasteiger partial charge in [-0.1, -0.05) is 298 Å². The maximum Gasteiger partial charge on any atom is 0.238 e. The number of benzene rings is 19. The summed E-state index contributed by atoms with van der Waals surface area (Å²) in [6.45, 7) is 2.34. The molecule has 1 aliphatic carbocycles. The van der Waals surface area contributed by atoms with Crippen molar-refractivity contribution < 1.29 is 8.83 Å². The van der Waals surface area contributed by atoms with Crippen molar-refractivity contribution in [3.05, 3.63) is 441 Å². The van der Waals surface area contributed by atoms with Crippen molar-refractivity contribution in [3.63, 3.8) is 0 Å². The zero-order valence-electron chi connectivity index (χ0n) is 75.6. The Morgan fingerprint density at radius 3 is 1.12 bits per heavy atom. The van der Waals surface area contributed by atoms with Crippen molar-refractivity contribution >= 4 is 159 Å². The van der Waals surface area contributed by atoms with Crippen molar-refractivity contribution in [3.8, 4) is 136 Å². The van der Waals surface area contributed by atoms with Crippen molar-refractivity contribution in [2.24, 2.45) is 0 Å². The van der Waals surface area contributed by atoms with Gasteiger partial charge in [-0.15, -0.1) is 11.3 Å². The maximum absolute atomic E-state index is 6.89. The van der Waals surface area contributed by atoms with E-state index in [-0.39, 0.29) is 0 Å². The van der Waals surface area contributed by atoms with E-state index < -0.39 is 0 Å². The maximum atomic E-state index is 6.89. The molecule has 0 aliphatic heterocycles. The van der Waals surface area contributed by atoms with E-state index in [1.54, 1.807) is 0 Å². The summed E-state index contributed by atoms with van der Waals surface area (Å²) in [6.07, 6.45) is 5.62. The van der Waals surface area contributed by atoms with Crippen LogP contribution in [0.1, 0.15) is 29.7 Å². The molecule has 0 bridgehead atoms. The van der Waals surface area contributed by atoms with Crippen LogP contribution >= 0.6 is 11.3 Å². The zero-order valence-corrected chi connectivity index (χ0v) is 76.4. The Morgan fingerprint density at radius 1 is 0.236 bits per heavy atom. The molecule has 0 saturated carbocycles. The van der Waals surface area contributed by atoms with Gasteiger partial charge < -0.3 is 18.0 Å². The lowest BCUT2D eigenvalue weighted by molar-refractivity contribution is 0.668. The molecule has 0 fully saturated rings. The standard InChI is InChI=1S/C127H78N10O2S/c1-75-26-21-43-96-97-44-23-45-98(121(97)140-120(75)96)125-129-124(79-33-13-5-14-34-79)132-127(133-125)137-112-63-55-88(92-42-25-49-117-119(92)104-70-84(56-64-114(104)138-117)81-51-59-108-99(67-81)93-39-17-19-46-106(93)134(108)89-36-15-6-16-37-89)73-101(112)95-58-50-86(74-113(95)137)83-53-61-110-103(69-83)102-68-82(52-60-109(102)135(110)90-38-22-35-80(66-90)76-27-7-2-8-28-76)85-57-65-115-105(71-85)118-91(41-24-48-116(118)139-115)87-54-62-111-100(72-87)94-40-18-20-47-107(94)136(111)126-130-122(77-29-9-3-10-30-77)128-123(131-126)78-31-11-4-12-32-78/h2-25,27-75H,26H2,1H3. The quantitative estimate of drug-likeness (QED) is 0.105. The Kier molecular flexibility index (Phi) is 17.7. The third-order valence-corrected chi connectivity index (χ3v) is 30.2. The van der Waals surface area contributed by atoms with Gasteiger partial charge >= 0.3 is 0 Å². The minimum Gasteiger partial charge on any atom is -0.456 e. The Balaban J connectivity index is 0.596. The van der Waals surface area contributed by atoms with E-state index in [1.165, 1.54) is 36.8 Å². The van der Waals surface area contributed by atoms with Gasteiger partial charge in [0.1, 0.15) is 22.3 Å². The highest BCUT2D eigenvalue weighted by molar-refractivity contribution is 7.20. The Labute approximate surface area is 805 Å². The molecule has 12 nitrogen and oxygen atoms in total. The molecule has 1 unspecified atom stereocenters. The zero-order chi connectivity index (χ0) is 91.9. The first-order valence-corrected chi connectivity index (χ1v) is 48.4. The van der Waals surface area contributed by atoms with Crippen LogP contribution < -0.4 is 0 Å². The van der Waals surface area contributed by atoms with E-state index in [9.17, 15) is 0 Å². The van der Waals surface area contributed by atoms with Gasteiger partial charge in [0.25, 0.3) is 0 Å². The molecule has 1 atom stereocenters. The van der Waals surface area contributed by atoms with E-state index in [2.05, 4.69) is 395 Å². The molecule has 29 rings (SSSR count). The van der Waals surface area contributed by atoms with Gasteiger partial charge in [0.2, 0.25) is 11.9 Å². The smallest absolute Gasteiger partial charge is 0.238 e. The highest BCUT2D eigenvalue weighted by Gasteiger charge is 2.29. The fraction of sp³-hybridized carbons (Fsp3) is 0.0236. The number of fused-ring (bicyclic) bond motifs is 21. The number of hydrogen-bond acceptors (Lipinski definition) is 9. The first kappa shape index (κ1) is 79.1. The number of para-hydroxylation sites is 3. The normalized spacial score (nSPS) is 12.9. The number of hydrogen-bond donors (Lipinski definition) is 0. The Morgan fingerprint density at radius 2 is 0.586 bits per heavy atom. The summed E-state index contributed by atoms with van der Waals surface area (Å²) in [5, 5.41) is 14.3. The number of aromatic nitrogens is 10. The summed E-state index contributed by atoms with van der Waals surface area (Å²) in [7, 11) is 0. The first-order valence-electron chi connectivity index (χ1n) is 47.6. The number of thiophene rings is 1. The van der Waals surface area contributed by atoms with Crippen LogP contribution in [0.15, 0.2) is 440 Å². The van der Waals surface area contributed by atoms with Gasteiger partial charge in [-0.2, -0.15) is 19.9 Å². The fourth-order valence-electron chi connectivity index (χ4n) is 22.1. The van der Waals surface area contributed by atoms with E-state index in [0.717, 1.165) is 222 Å². The predicted octanol–water partition coefficient (Wildman–Crippen LogP) is 33.6. The summed E-state index contributed by atoms with van der Waals surface area (Å²) >= 11 is 1.87. The second-order valence-corrected chi connectivity index (χ2v) is 37.8. The van der Waals surface area contributed by atoms with Gasteiger partial charge in [0, 0.05) is 113 Å². The van der Waals surface area contributed by atoms with Crippen molar-refractivity contribution in [2.45, 2.75) is 19.3 Å². The Bertz CT molecular complexity index is 10000. The molecule has 9 aromatic heterocycles. The number of furan rings is 2. The number of nitrogens with zero attached hydrogens (tertiary/aromatic N) is 10. The monoisotopic (exact) mass is 1810 g/mol. The van der Waals surface area contributed by atoms with Crippen LogP contribution in [-0.2, 0) is 0 Å². The molecule has 140 heavy (non-hydrogen) atoms. The summed E-state index contributed by atoms with van der Waals surface area (Å²) in [6, 6.07) is 153. The highest BCUT2D eigenvalue weighted by atomic mass is 32.1. The number of allylic oxidation sites excluding steroid dienone is 1. The third kappa shape index (κ3) is 12.6. The van der Waals surface area contributed by atoms with Crippen LogP contribution in [0.2, 0.25) is 0 Å². The summed E-state index contributed by atoms with van der Waals surface area (Å²) in [5.41, 5.74) is 31.8. The van der Waals surface area contributed by atoms with Crippen LogP contribution in [0.3, 0.4) is 0 Å². The van der Waals surface area contributed by atoms with Crippen LogP contribution in [0.4, 0.5) is 0 Å². The first-order chi connectivity index (χ1) is 69.3. The average Bonchev–Trinajstić information content (AvgIpc) is 1.48. The van der Waals surface area contributed by atoms with E-state index in [1.807, 2.05) is 78.1 Å². The molecule has 0 radical (unpaired) electrons. The summed E-state index contributed by atoms with van der Waals surface area (Å²) in [4.78, 5) is 33.8. The van der Waals surface area contributed by atoms with Crippen LogP contribution in [-0.4, -0.2) is 48.2 Å². The summed E-state index contributed by atoms with van der Waals surface area (Å²) < 4.78 is 24.2. The second kappa shape index (κ2) is 31.4. The van der Waals surface area contributed by atoms with Gasteiger partial charge in [0.05, 0.1) is 44.1 Å².